The summed E-state index contributed by atoms with van der Waals surface area (Å²) in [4.78, 5) is 5.08. The lowest BCUT2D eigenvalue weighted by Gasteiger charge is -2.27. The Labute approximate surface area is 81.3 Å². The standard InChI is InChI=1S/C11H21NO/c1-5-13-12-10-6-7-11(4,8-10)9(2)3/h9H,5-8H2,1-4H3/b12-10+. The van der Waals surface area contributed by atoms with Crippen LogP contribution in [-0.4, -0.2) is 12.3 Å². The van der Waals surface area contributed by atoms with Crippen LogP contribution in [0.5, 0.6) is 0 Å². The zero-order valence-corrected chi connectivity index (χ0v) is 9.26. The Morgan fingerprint density at radius 3 is 2.69 bits per heavy atom. The summed E-state index contributed by atoms with van der Waals surface area (Å²) in [6.07, 6.45) is 3.50. The van der Waals surface area contributed by atoms with E-state index < -0.39 is 0 Å². The zero-order chi connectivity index (χ0) is 9.90. The molecule has 0 N–H and O–H groups in total. The van der Waals surface area contributed by atoms with Crippen LogP contribution in [0.1, 0.15) is 47.0 Å². The molecule has 1 aliphatic rings. The van der Waals surface area contributed by atoms with Gasteiger partial charge in [0.05, 0.1) is 5.71 Å². The van der Waals surface area contributed by atoms with Crippen LogP contribution in [0.2, 0.25) is 0 Å². The largest absolute Gasteiger partial charge is 0.396 e. The van der Waals surface area contributed by atoms with Crippen molar-refractivity contribution < 1.29 is 4.84 Å². The third kappa shape index (κ3) is 2.45. The molecule has 0 bridgehead atoms. The maximum Gasteiger partial charge on any atom is 0.114 e. The Balaban J connectivity index is 2.53. The molecule has 0 heterocycles. The molecule has 1 unspecified atom stereocenters. The molecule has 0 aromatic rings. The van der Waals surface area contributed by atoms with Crippen LogP contribution in [0.25, 0.3) is 0 Å². The fourth-order valence-electron chi connectivity index (χ4n) is 1.80. The summed E-state index contributed by atoms with van der Waals surface area (Å²) in [6, 6.07) is 0. The zero-order valence-electron chi connectivity index (χ0n) is 9.26. The van der Waals surface area contributed by atoms with E-state index in [9.17, 15) is 0 Å². The minimum Gasteiger partial charge on any atom is -0.396 e. The van der Waals surface area contributed by atoms with Gasteiger partial charge >= 0.3 is 0 Å². The highest BCUT2D eigenvalue weighted by atomic mass is 16.6. The van der Waals surface area contributed by atoms with E-state index in [-0.39, 0.29) is 0 Å². The highest BCUT2D eigenvalue weighted by Gasteiger charge is 2.35. The lowest BCUT2D eigenvalue weighted by molar-refractivity contribution is 0.157. The van der Waals surface area contributed by atoms with Crippen molar-refractivity contribution in [2.45, 2.75) is 47.0 Å². The summed E-state index contributed by atoms with van der Waals surface area (Å²) >= 11 is 0. The third-order valence-corrected chi connectivity index (χ3v) is 3.31. The average molecular weight is 183 g/mol. The Morgan fingerprint density at radius 2 is 2.23 bits per heavy atom. The van der Waals surface area contributed by atoms with Gasteiger partial charge in [-0.15, -0.1) is 0 Å². The first-order valence-electron chi connectivity index (χ1n) is 5.26. The second kappa shape index (κ2) is 4.12. The Kier molecular flexibility index (Phi) is 3.34. The van der Waals surface area contributed by atoms with E-state index >= 15 is 0 Å². The summed E-state index contributed by atoms with van der Waals surface area (Å²) in [5.41, 5.74) is 1.70. The molecule has 2 nitrogen and oxygen atoms in total. The van der Waals surface area contributed by atoms with Crippen molar-refractivity contribution in [3.05, 3.63) is 0 Å². The molecule has 0 aromatic carbocycles. The van der Waals surface area contributed by atoms with E-state index in [2.05, 4.69) is 25.9 Å². The van der Waals surface area contributed by atoms with Crippen LogP contribution in [0.3, 0.4) is 0 Å². The molecule has 76 valence electrons. The van der Waals surface area contributed by atoms with Gasteiger partial charge in [0.2, 0.25) is 0 Å². The van der Waals surface area contributed by atoms with Gasteiger partial charge in [-0.2, -0.15) is 0 Å². The van der Waals surface area contributed by atoms with Crippen LogP contribution in [0, 0.1) is 11.3 Å². The van der Waals surface area contributed by atoms with Crippen LogP contribution in [-0.2, 0) is 4.84 Å². The van der Waals surface area contributed by atoms with Crippen molar-refractivity contribution >= 4 is 5.71 Å². The molecule has 2 heteroatoms. The molecule has 1 fully saturated rings. The molecule has 1 saturated carbocycles. The quantitative estimate of drug-likeness (QED) is 0.616. The number of rotatable bonds is 3. The van der Waals surface area contributed by atoms with Gasteiger partial charge in [-0.1, -0.05) is 25.9 Å². The first-order chi connectivity index (χ1) is 6.08. The van der Waals surface area contributed by atoms with Crippen molar-refractivity contribution in [2.24, 2.45) is 16.5 Å². The molecule has 0 spiro atoms. The summed E-state index contributed by atoms with van der Waals surface area (Å²) < 4.78 is 0. The average Bonchev–Trinajstić information content (AvgIpc) is 2.45. The summed E-state index contributed by atoms with van der Waals surface area (Å²) in [5, 5.41) is 4.14. The molecule has 0 aliphatic heterocycles. The van der Waals surface area contributed by atoms with Crippen molar-refractivity contribution in [3.8, 4) is 0 Å². The summed E-state index contributed by atoms with van der Waals surface area (Å²) in [5.74, 6) is 0.738. The molecule has 13 heavy (non-hydrogen) atoms. The van der Waals surface area contributed by atoms with Crippen molar-refractivity contribution in [1.82, 2.24) is 0 Å². The SMILES string of the molecule is CCO/N=C1\CCC(C)(C(C)C)C1. The molecule has 0 amide bonds. The molecular weight excluding hydrogens is 162 g/mol. The maximum absolute atomic E-state index is 5.08. The normalized spacial score (nSPS) is 31.6. The van der Waals surface area contributed by atoms with E-state index in [4.69, 9.17) is 4.84 Å². The molecule has 1 aliphatic carbocycles. The maximum atomic E-state index is 5.08. The molecular formula is C11H21NO. The summed E-state index contributed by atoms with van der Waals surface area (Å²) in [6.45, 7) is 9.60. The second-order valence-corrected chi connectivity index (χ2v) is 4.56. The predicted molar refractivity (Wildman–Crippen MR) is 55.9 cm³/mol. The van der Waals surface area contributed by atoms with Gasteiger partial charge in [-0.3, -0.25) is 0 Å². The Hall–Kier alpha value is -0.530. The van der Waals surface area contributed by atoms with Crippen LogP contribution < -0.4 is 0 Å². The first-order valence-corrected chi connectivity index (χ1v) is 5.26. The fourth-order valence-corrected chi connectivity index (χ4v) is 1.80. The topological polar surface area (TPSA) is 21.6 Å². The van der Waals surface area contributed by atoms with Gasteiger partial charge in [0.1, 0.15) is 6.61 Å². The van der Waals surface area contributed by atoms with Crippen LogP contribution in [0.4, 0.5) is 0 Å². The smallest absolute Gasteiger partial charge is 0.114 e. The Bertz CT molecular complexity index is 198. The molecule has 1 rings (SSSR count). The number of oxime groups is 1. The lowest BCUT2D eigenvalue weighted by Crippen LogP contribution is -2.19. The minimum atomic E-state index is 0.454. The van der Waals surface area contributed by atoms with Gasteiger partial charge in [0, 0.05) is 0 Å². The predicted octanol–water partition coefficient (Wildman–Crippen LogP) is 3.23. The second-order valence-electron chi connectivity index (χ2n) is 4.56. The van der Waals surface area contributed by atoms with E-state index in [0.717, 1.165) is 18.8 Å². The highest BCUT2D eigenvalue weighted by Crippen LogP contribution is 2.42. The van der Waals surface area contributed by atoms with E-state index in [1.165, 1.54) is 12.1 Å². The Morgan fingerprint density at radius 1 is 1.54 bits per heavy atom. The fraction of sp³-hybridized carbons (Fsp3) is 0.909. The first kappa shape index (κ1) is 10.6. The van der Waals surface area contributed by atoms with E-state index in [1.807, 2.05) is 6.92 Å². The monoisotopic (exact) mass is 183 g/mol. The van der Waals surface area contributed by atoms with Crippen molar-refractivity contribution in [3.63, 3.8) is 0 Å². The van der Waals surface area contributed by atoms with E-state index in [0.29, 0.717) is 12.0 Å². The van der Waals surface area contributed by atoms with Gasteiger partial charge in [-0.25, -0.2) is 0 Å². The lowest BCUT2D eigenvalue weighted by atomic mass is 9.78. The number of nitrogens with zero attached hydrogens (tertiary/aromatic N) is 1. The molecule has 0 saturated heterocycles. The molecule has 0 aromatic heterocycles. The van der Waals surface area contributed by atoms with Gasteiger partial charge in [0.15, 0.2) is 0 Å². The summed E-state index contributed by atoms with van der Waals surface area (Å²) in [7, 11) is 0. The van der Waals surface area contributed by atoms with Crippen molar-refractivity contribution in [2.75, 3.05) is 6.61 Å². The third-order valence-electron chi connectivity index (χ3n) is 3.31. The number of hydrogen-bond acceptors (Lipinski definition) is 2. The van der Waals surface area contributed by atoms with Gasteiger partial charge in [-0.05, 0) is 37.5 Å². The van der Waals surface area contributed by atoms with Crippen LogP contribution >= 0.6 is 0 Å². The highest BCUT2D eigenvalue weighted by molar-refractivity contribution is 5.86. The number of hydrogen-bond donors (Lipinski definition) is 0. The van der Waals surface area contributed by atoms with Gasteiger partial charge in [0.25, 0.3) is 0 Å². The van der Waals surface area contributed by atoms with Crippen LogP contribution in [0.15, 0.2) is 5.16 Å². The minimum absolute atomic E-state index is 0.454. The van der Waals surface area contributed by atoms with Gasteiger partial charge < -0.3 is 4.84 Å². The molecule has 0 radical (unpaired) electrons. The van der Waals surface area contributed by atoms with Crippen molar-refractivity contribution in [1.29, 1.82) is 0 Å². The van der Waals surface area contributed by atoms with E-state index in [1.54, 1.807) is 0 Å². The molecule has 1 atom stereocenters.